The molecule has 0 radical (unpaired) electrons. The molecule has 1 saturated carbocycles. The molecule has 27 heavy (non-hydrogen) atoms. The first-order chi connectivity index (χ1) is 13.0. The summed E-state index contributed by atoms with van der Waals surface area (Å²) >= 11 is 0. The highest BCUT2D eigenvalue weighted by Gasteiger charge is 2.52. The highest BCUT2D eigenvalue weighted by molar-refractivity contribution is 6.99. The van der Waals surface area contributed by atoms with E-state index in [1.54, 1.807) is 0 Å². The molecule has 2 aromatic carbocycles. The third-order valence-corrected chi connectivity index (χ3v) is 10.6. The summed E-state index contributed by atoms with van der Waals surface area (Å²) in [6, 6.07) is 21.7. The van der Waals surface area contributed by atoms with E-state index in [0.717, 1.165) is 19.3 Å². The number of hydrogen-bond acceptors (Lipinski definition) is 2. The van der Waals surface area contributed by atoms with Gasteiger partial charge >= 0.3 is 0 Å². The van der Waals surface area contributed by atoms with Crippen LogP contribution in [0, 0.1) is 0 Å². The molecule has 0 bridgehead atoms. The van der Waals surface area contributed by atoms with Crippen LogP contribution in [-0.4, -0.2) is 27.1 Å². The van der Waals surface area contributed by atoms with Crippen LogP contribution in [0.5, 0.6) is 0 Å². The van der Waals surface area contributed by atoms with Crippen molar-refractivity contribution in [3.05, 3.63) is 73.3 Å². The molecule has 0 unspecified atom stereocenters. The molecule has 1 fully saturated rings. The fraction of sp³-hybridized carbons (Fsp3) is 0.417. The zero-order chi connectivity index (χ0) is 19.3. The molecule has 2 aromatic rings. The molecule has 3 rings (SSSR count). The average molecular weight is 381 g/mol. The minimum absolute atomic E-state index is 0.00127. The second-order valence-electron chi connectivity index (χ2n) is 8.41. The van der Waals surface area contributed by atoms with E-state index in [1.165, 1.54) is 10.4 Å². The van der Waals surface area contributed by atoms with Crippen LogP contribution in [0.4, 0.5) is 0 Å². The van der Waals surface area contributed by atoms with Gasteiger partial charge in [0.1, 0.15) is 0 Å². The second-order valence-corrected chi connectivity index (χ2v) is 12.7. The maximum atomic E-state index is 7.22. The van der Waals surface area contributed by atoms with Crippen LogP contribution in [0.3, 0.4) is 0 Å². The first kappa shape index (κ1) is 20.1. The summed E-state index contributed by atoms with van der Waals surface area (Å²) < 4.78 is 13.3. The molecule has 1 aliphatic carbocycles. The zero-order valence-corrected chi connectivity index (χ0v) is 17.9. The standard InChI is InChI=1S/C24H32O2Si/c1-5-19-25-22-17-12-18-23(22)26-27(24(2,3)4,20-13-8-6-9-14-20)21-15-10-7-11-16-21/h5-11,13-16,22-23H,1,12,17-19H2,2-4H3/t22-,23-/m0/s1. The van der Waals surface area contributed by atoms with E-state index in [1.807, 2.05) is 6.08 Å². The van der Waals surface area contributed by atoms with Gasteiger partial charge in [0.25, 0.3) is 8.32 Å². The van der Waals surface area contributed by atoms with Gasteiger partial charge in [0.15, 0.2) is 0 Å². The third kappa shape index (κ3) is 4.10. The number of ether oxygens (including phenoxy) is 1. The van der Waals surface area contributed by atoms with Gasteiger partial charge in [-0.15, -0.1) is 6.58 Å². The number of rotatable bonds is 7. The molecule has 0 aliphatic heterocycles. The van der Waals surface area contributed by atoms with Crippen LogP contribution in [-0.2, 0) is 9.16 Å². The largest absolute Gasteiger partial charge is 0.402 e. The normalized spacial score (nSPS) is 20.6. The van der Waals surface area contributed by atoms with Crippen molar-refractivity contribution in [2.75, 3.05) is 6.61 Å². The van der Waals surface area contributed by atoms with Gasteiger partial charge < -0.3 is 9.16 Å². The summed E-state index contributed by atoms with van der Waals surface area (Å²) in [7, 11) is -2.50. The lowest BCUT2D eigenvalue weighted by atomic mass is 10.2. The Kier molecular flexibility index (Phi) is 6.35. The van der Waals surface area contributed by atoms with Gasteiger partial charge in [-0.3, -0.25) is 0 Å². The molecule has 2 atom stereocenters. The lowest BCUT2D eigenvalue weighted by Crippen LogP contribution is -2.68. The Morgan fingerprint density at radius 1 is 0.926 bits per heavy atom. The topological polar surface area (TPSA) is 18.5 Å². The number of hydrogen-bond donors (Lipinski definition) is 0. The van der Waals surface area contributed by atoms with Crippen molar-refractivity contribution in [2.24, 2.45) is 0 Å². The van der Waals surface area contributed by atoms with Gasteiger partial charge in [0.05, 0.1) is 18.8 Å². The van der Waals surface area contributed by atoms with Gasteiger partial charge in [-0.05, 0) is 34.7 Å². The predicted octanol–water partition coefficient (Wildman–Crippen LogP) is 4.69. The molecule has 144 valence electrons. The van der Waals surface area contributed by atoms with Crippen molar-refractivity contribution in [3.8, 4) is 0 Å². The molecular weight excluding hydrogens is 348 g/mol. The minimum atomic E-state index is -2.50. The Balaban J connectivity index is 2.08. The summed E-state index contributed by atoms with van der Waals surface area (Å²) in [5, 5.41) is 2.66. The van der Waals surface area contributed by atoms with E-state index in [-0.39, 0.29) is 17.2 Å². The van der Waals surface area contributed by atoms with Crippen LogP contribution in [0.25, 0.3) is 0 Å². The van der Waals surface area contributed by atoms with Crippen molar-refractivity contribution in [2.45, 2.75) is 57.3 Å². The van der Waals surface area contributed by atoms with E-state index < -0.39 is 8.32 Å². The lowest BCUT2D eigenvalue weighted by Gasteiger charge is -2.45. The van der Waals surface area contributed by atoms with Crippen molar-refractivity contribution < 1.29 is 9.16 Å². The van der Waals surface area contributed by atoms with Crippen molar-refractivity contribution in [1.82, 2.24) is 0 Å². The summed E-state index contributed by atoms with van der Waals surface area (Å²) in [5.74, 6) is 0. The highest BCUT2D eigenvalue weighted by atomic mass is 28.4. The molecule has 0 heterocycles. The first-order valence-electron chi connectivity index (χ1n) is 10.0. The van der Waals surface area contributed by atoms with Crippen LogP contribution < -0.4 is 10.4 Å². The maximum Gasteiger partial charge on any atom is 0.261 e. The summed E-state index contributed by atoms with van der Waals surface area (Å²) in [4.78, 5) is 0. The van der Waals surface area contributed by atoms with Crippen LogP contribution in [0.2, 0.25) is 5.04 Å². The predicted molar refractivity (Wildman–Crippen MR) is 116 cm³/mol. The van der Waals surface area contributed by atoms with Gasteiger partial charge in [0.2, 0.25) is 0 Å². The quantitative estimate of drug-likeness (QED) is 0.513. The Labute approximate surface area is 165 Å². The smallest absolute Gasteiger partial charge is 0.261 e. The van der Waals surface area contributed by atoms with Crippen LogP contribution in [0.1, 0.15) is 40.0 Å². The molecule has 0 saturated heterocycles. The average Bonchev–Trinajstić information content (AvgIpc) is 3.11. The molecule has 0 amide bonds. The van der Waals surface area contributed by atoms with Crippen LogP contribution >= 0.6 is 0 Å². The van der Waals surface area contributed by atoms with Gasteiger partial charge in [-0.25, -0.2) is 0 Å². The molecule has 0 spiro atoms. The lowest BCUT2D eigenvalue weighted by molar-refractivity contribution is 0.00131. The molecule has 2 nitrogen and oxygen atoms in total. The van der Waals surface area contributed by atoms with Crippen LogP contribution in [0.15, 0.2) is 73.3 Å². The second kappa shape index (κ2) is 8.55. The van der Waals surface area contributed by atoms with Crippen molar-refractivity contribution >= 4 is 18.7 Å². The monoisotopic (exact) mass is 380 g/mol. The summed E-state index contributed by atoms with van der Waals surface area (Å²) in [6.07, 6.45) is 5.41. The van der Waals surface area contributed by atoms with Gasteiger partial charge in [-0.1, -0.05) is 87.5 Å². The van der Waals surface area contributed by atoms with E-state index in [2.05, 4.69) is 88.0 Å². The van der Waals surface area contributed by atoms with E-state index in [4.69, 9.17) is 9.16 Å². The molecular formula is C24H32O2Si. The summed E-state index contributed by atoms with van der Waals surface area (Å²) in [5.41, 5.74) is 0. The van der Waals surface area contributed by atoms with Gasteiger partial charge in [-0.2, -0.15) is 0 Å². The Morgan fingerprint density at radius 2 is 1.44 bits per heavy atom. The highest BCUT2D eigenvalue weighted by Crippen LogP contribution is 2.40. The van der Waals surface area contributed by atoms with Gasteiger partial charge in [0, 0.05) is 0 Å². The summed E-state index contributed by atoms with van der Waals surface area (Å²) in [6.45, 7) is 11.4. The number of benzene rings is 2. The maximum absolute atomic E-state index is 7.22. The fourth-order valence-corrected chi connectivity index (χ4v) is 9.07. The Morgan fingerprint density at radius 3 is 1.93 bits per heavy atom. The van der Waals surface area contributed by atoms with Crippen molar-refractivity contribution in [3.63, 3.8) is 0 Å². The molecule has 0 N–H and O–H groups in total. The minimum Gasteiger partial charge on any atom is -0.402 e. The first-order valence-corrected chi connectivity index (χ1v) is 11.9. The Bertz CT molecular complexity index is 682. The zero-order valence-electron chi connectivity index (χ0n) is 16.9. The van der Waals surface area contributed by atoms with E-state index in [0.29, 0.717) is 6.61 Å². The SMILES string of the molecule is C=CCO[C@H]1CCC[C@@H]1O[Si](c1ccccc1)(c1ccccc1)C(C)(C)C. The van der Waals surface area contributed by atoms with E-state index >= 15 is 0 Å². The molecule has 3 heteroatoms. The van der Waals surface area contributed by atoms with E-state index in [9.17, 15) is 0 Å². The fourth-order valence-electron chi connectivity index (χ4n) is 4.33. The molecule has 0 aromatic heterocycles. The molecule has 1 aliphatic rings. The Hall–Kier alpha value is -1.68. The van der Waals surface area contributed by atoms with Crippen molar-refractivity contribution in [1.29, 1.82) is 0 Å². The third-order valence-electron chi connectivity index (χ3n) is 5.57.